The average Bonchev–Trinajstić information content (AvgIpc) is 2.29. The lowest BCUT2D eigenvalue weighted by Crippen LogP contribution is -2.33. The fourth-order valence-electron chi connectivity index (χ4n) is 1.31. The lowest BCUT2D eigenvalue weighted by atomic mass is 10.0. The number of rotatable bonds is 5. The largest absolute Gasteiger partial charge is 0.466 e. The van der Waals surface area contributed by atoms with Crippen molar-refractivity contribution >= 4 is 11.8 Å². The lowest BCUT2D eigenvalue weighted by Gasteiger charge is -2.09. The summed E-state index contributed by atoms with van der Waals surface area (Å²) in [7, 11) is 0. The van der Waals surface area contributed by atoms with Crippen molar-refractivity contribution in [1.29, 1.82) is 0 Å². The number of benzene rings is 1. The highest BCUT2D eigenvalue weighted by Gasteiger charge is 2.19. The molecule has 0 bridgehead atoms. The molecule has 1 aromatic rings. The summed E-state index contributed by atoms with van der Waals surface area (Å²) in [6.07, 6.45) is -0.0818. The van der Waals surface area contributed by atoms with Gasteiger partial charge < -0.3 is 10.5 Å². The summed E-state index contributed by atoms with van der Waals surface area (Å²) >= 11 is 0. The van der Waals surface area contributed by atoms with E-state index in [0.717, 1.165) is 0 Å². The number of ether oxygens (including phenoxy) is 1. The van der Waals surface area contributed by atoms with Crippen molar-refractivity contribution in [3.8, 4) is 0 Å². The van der Waals surface area contributed by atoms with Gasteiger partial charge in [-0.15, -0.1) is 0 Å². The second kappa shape index (κ2) is 6.02. The van der Waals surface area contributed by atoms with Gasteiger partial charge in [-0.2, -0.15) is 0 Å². The number of ketones is 1. The standard InChI is InChI=1S/C12H15NO3/c1-2-16-11(14)8-10(13)12(15)9-6-4-3-5-7-9/h3-7,10H,2,8,13H2,1H3/t10-/m0/s1. The summed E-state index contributed by atoms with van der Waals surface area (Å²) in [5.41, 5.74) is 6.14. The van der Waals surface area contributed by atoms with Crippen molar-refractivity contribution in [2.75, 3.05) is 6.61 Å². The summed E-state index contributed by atoms with van der Waals surface area (Å²) in [6.45, 7) is 2.01. The minimum atomic E-state index is -0.832. The molecule has 4 heteroatoms. The zero-order valence-corrected chi connectivity index (χ0v) is 9.18. The molecule has 0 saturated carbocycles. The fraction of sp³-hybridized carbons (Fsp3) is 0.333. The first-order valence-corrected chi connectivity index (χ1v) is 5.15. The molecule has 0 aliphatic heterocycles. The van der Waals surface area contributed by atoms with E-state index >= 15 is 0 Å². The van der Waals surface area contributed by atoms with Crippen LogP contribution in [-0.4, -0.2) is 24.4 Å². The predicted molar refractivity (Wildman–Crippen MR) is 60.0 cm³/mol. The van der Waals surface area contributed by atoms with Gasteiger partial charge in [0.15, 0.2) is 5.78 Å². The molecule has 0 unspecified atom stereocenters. The first kappa shape index (κ1) is 12.4. The van der Waals surface area contributed by atoms with Gasteiger partial charge in [0.05, 0.1) is 19.1 Å². The zero-order chi connectivity index (χ0) is 12.0. The van der Waals surface area contributed by atoms with Gasteiger partial charge in [-0.05, 0) is 6.92 Å². The molecule has 0 amide bonds. The molecule has 16 heavy (non-hydrogen) atoms. The van der Waals surface area contributed by atoms with E-state index in [-0.39, 0.29) is 12.2 Å². The van der Waals surface area contributed by atoms with Crippen molar-refractivity contribution in [2.45, 2.75) is 19.4 Å². The molecule has 0 aromatic heterocycles. The number of carbonyl (C=O) groups is 2. The molecule has 1 rings (SSSR count). The molecule has 0 saturated heterocycles. The van der Waals surface area contributed by atoms with Crippen LogP contribution < -0.4 is 5.73 Å². The van der Waals surface area contributed by atoms with Gasteiger partial charge in [-0.25, -0.2) is 0 Å². The first-order valence-electron chi connectivity index (χ1n) is 5.15. The van der Waals surface area contributed by atoms with Crippen molar-refractivity contribution in [2.24, 2.45) is 5.73 Å². The van der Waals surface area contributed by atoms with Gasteiger partial charge in [-0.3, -0.25) is 9.59 Å². The van der Waals surface area contributed by atoms with Crippen LogP contribution in [0.25, 0.3) is 0 Å². The zero-order valence-electron chi connectivity index (χ0n) is 9.18. The number of hydrogen-bond donors (Lipinski definition) is 1. The molecular formula is C12H15NO3. The van der Waals surface area contributed by atoms with Gasteiger partial charge >= 0.3 is 5.97 Å². The number of carbonyl (C=O) groups excluding carboxylic acids is 2. The van der Waals surface area contributed by atoms with Crippen LogP contribution in [0.15, 0.2) is 30.3 Å². The smallest absolute Gasteiger partial charge is 0.307 e. The van der Waals surface area contributed by atoms with Crippen LogP contribution in [-0.2, 0) is 9.53 Å². The Morgan fingerprint density at radius 2 is 1.94 bits per heavy atom. The first-order chi connectivity index (χ1) is 7.65. The Labute approximate surface area is 94.4 Å². The predicted octanol–water partition coefficient (Wildman–Crippen LogP) is 1.15. The van der Waals surface area contributed by atoms with Crippen LogP contribution in [0, 0.1) is 0 Å². The fourth-order valence-corrected chi connectivity index (χ4v) is 1.31. The molecule has 1 atom stereocenters. The Bertz CT molecular complexity index is 362. The Morgan fingerprint density at radius 3 is 2.50 bits per heavy atom. The lowest BCUT2D eigenvalue weighted by molar-refractivity contribution is -0.143. The number of nitrogens with two attached hydrogens (primary N) is 1. The molecular weight excluding hydrogens is 206 g/mol. The maximum Gasteiger partial charge on any atom is 0.307 e. The van der Waals surface area contributed by atoms with Gasteiger partial charge in [0.2, 0.25) is 0 Å². The summed E-state index contributed by atoms with van der Waals surface area (Å²) in [5, 5.41) is 0. The van der Waals surface area contributed by atoms with Gasteiger partial charge in [0.25, 0.3) is 0 Å². The highest BCUT2D eigenvalue weighted by molar-refractivity contribution is 6.01. The monoisotopic (exact) mass is 221 g/mol. The van der Waals surface area contributed by atoms with Crippen LogP contribution in [0.3, 0.4) is 0 Å². The Balaban J connectivity index is 2.58. The van der Waals surface area contributed by atoms with Crippen LogP contribution in [0.2, 0.25) is 0 Å². The molecule has 0 fully saturated rings. The summed E-state index contributed by atoms with van der Waals surface area (Å²) < 4.78 is 4.73. The van der Waals surface area contributed by atoms with Crippen LogP contribution in [0.1, 0.15) is 23.7 Å². The van der Waals surface area contributed by atoms with Crippen molar-refractivity contribution in [1.82, 2.24) is 0 Å². The Hall–Kier alpha value is -1.68. The van der Waals surface area contributed by atoms with Crippen LogP contribution >= 0.6 is 0 Å². The molecule has 2 N–H and O–H groups in total. The molecule has 0 aliphatic carbocycles. The van der Waals surface area contributed by atoms with E-state index in [1.165, 1.54) is 0 Å². The van der Waals surface area contributed by atoms with E-state index < -0.39 is 12.0 Å². The molecule has 0 spiro atoms. The molecule has 86 valence electrons. The highest BCUT2D eigenvalue weighted by Crippen LogP contribution is 2.05. The van der Waals surface area contributed by atoms with E-state index in [0.29, 0.717) is 12.2 Å². The highest BCUT2D eigenvalue weighted by atomic mass is 16.5. The van der Waals surface area contributed by atoms with Gasteiger partial charge in [-0.1, -0.05) is 30.3 Å². The second-order valence-corrected chi connectivity index (χ2v) is 3.35. The quantitative estimate of drug-likeness (QED) is 0.598. The van der Waals surface area contributed by atoms with E-state index in [4.69, 9.17) is 10.5 Å². The topological polar surface area (TPSA) is 69.4 Å². The van der Waals surface area contributed by atoms with Gasteiger partial charge in [0, 0.05) is 5.56 Å². The van der Waals surface area contributed by atoms with E-state index in [9.17, 15) is 9.59 Å². The molecule has 0 aliphatic rings. The maximum absolute atomic E-state index is 11.8. The normalized spacial score (nSPS) is 11.9. The summed E-state index contributed by atoms with van der Waals surface area (Å²) in [6, 6.07) is 7.84. The minimum absolute atomic E-state index is 0.0818. The van der Waals surface area contributed by atoms with E-state index in [1.807, 2.05) is 6.07 Å². The second-order valence-electron chi connectivity index (χ2n) is 3.35. The third-order valence-electron chi connectivity index (χ3n) is 2.09. The third-order valence-corrected chi connectivity index (χ3v) is 2.09. The van der Waals surface area contributed by atoms with Crippen molar-refractivity contribution in [3.05, 3.63) is 35.9 Å². The number of Topliss-reactive ketones (excluding diaryl/α,β-unsaturated/α-hetero) is 1. The maximum atomic E-state index is 11.8. The number of hydrogen-bond acceptors (Lipinski definition) is 4. The number of esters is 1. The van der Waals surface area contributed by atoms with Crippen LogP contribution in [0.4, 0.5) is 0 Å². The SMILES string of the molecule is CCOC(=O)C[C@H](N)C(=O)c1ccccc1. The summed E-state index contributed by atoms with van der Waals surface area (Å²) in [4.78, 5) is 22.9. The minimum Gasteiger partial charge on any atom is -0.466 e. The average molecular weight is 221 g/mol. The Morgan fingerprint density at radius 1 is 1.31 bits per heavy atom. The molecule has 4 nitrogen and oxygen atoms in total. The molecule has 0 radical (unpaired) electrons. The third kappa shape index (κ3) is 3.47. The van der Waals surface area contributed by atoms with E-state index in [1.54, 1.807) is 31.2 Å². The van der Waals surface area contributed by atoms with Crippen LogP contribution in [0.5, 0.6) is 0 Å². The Kier molecular flexibility index (Phi) is 4.66. The molecule has 1 aromatic carbocycles. The van der Waals surface area contributed by atoms with E-state index in [2.05, 4.69) is 0 Å². The van der Waals surface area contributed by atoms with Crippen molar-refractivity contribution < 1.29 is 14.3 Å². The molecule has 0 heterocycles. The summed E-state index contributed by atoms with van der Waals surface area (Å²) in [5.74, 6) is -0.687. The van der Waals surface area contributed by atoms with Gasteiger partial charge in [0.1, 0.15) is 0 Å². The van der Waals surface area contributed by atoms with Crippen molar-refractivity contribution in [3.63, 3.8) is 0 Å².